The molecule has 1 aliphatic heterocycles. The first-order chi connectivity index (χ1) is 9.10. The Hall–Kier alpha value is -2.00. The van der Waals surface area contributed by atoms with Gasteiger partial charge in [-0.2, -0.15) is 4.98 Å². The minimum atomic E-state index is -1.31. The molecule has 3 heterocycles. The fourth-order valence-electron chi connectivity index (χ4n) is 2.19. The summed E-state index contributed by atoms with van der Waals surface area (Å²) in [5.74, 6) is -0.0774. The molecular weight excluding hydrogens is 257 g/mol. The average Bonchev–Trinajstić information content (AvgIpc) is 2.92. The Balaban J connectivity index is 2.09. The molecule has 0 unspecified atom stereocenters. The van der Waals surface area contributed by atoms with Gasteiger partial charge < -0.3 is 15.6 Å². The highest BCUT2D eigenvalue weighted by atomic mass is 19.1. The quantitative estimate of drug-likeness (QED) is 0.664. The van der Waals surface area contributed by atoms with E-state index in [4.69, 9.17) is 15.6 Å². The number of aliphatic hydroxyl groups is 1. The minimum Gasteiger partial charge on any atom is -0.394 e. The lowest BCUT2D eigenvalue weighted by Crippen LogP contribution is -2.18. The highest BCUT2D eigenvalue weighted by Gasteiger charge is 2.37. The van der Waals surface area contributed by atoms with Crippen LogP contribution in [0.15, 0.2) is 11.1 Å². The molecule has 0 spiro atoms. The van der Waals surface area contributed by atoms with Crippen molar-refractivity contribution in [2.75, 3.05) is 12.3 Å². The van der Waals surface area contributed by atoms with Crippen LogP contribution in [-0.2, 0) is 4.74 Å². The molecule has 2 aromatic rings. The molecular formula is C10H12FN5O3. The van der Waals surface area contributed by atoms with Crippen molar-refractivity contribution in [3.63, 3.8) is 0 Å². The summed E-state index contributed by atoms with van der Waals surface area (Å²) in [6.07, 6.45) is -1.48. The predicted molar refractivity (Wildman–Crippen MR) is 63.1 cm³/mol. The van der Waals surface area contributed by atoms with Gasteiger partial charge in [0.1, 0.15) is 6.17 Å². The van der Waals surface area contributed by atoms with Gasteiger partial charge in [-0.05, 0) is 0 Å². The number of imidazole rings is 1. The SMILES string of the molecule is Nc1nc2c(ncn2[C@H]2O[C@@H](CO)C[C@H]2F)c(=O)[nH]1. The van der Waals surface area contributed by atoms with Crippen LogP contribution in [0.1, 0.15) is 12.6 Å². The number of halogens is 1. The summed E-state index contributed by atoms with van der Waals surface area (Å²) in [5.41, 5.74) is 5.19. The molecule has 0 amide bonds. The highest BCUT2D eigenvalue weighted by Crippen LogP contribution is 2.32. The van der Waals surface area contributed by atoms with E-state index in [2.05, 4.69) is 15.0 Å². The zero-order valence-corrected chi connectivity index (χ0v) is 9.78. The first-order valence-electron chi connectivity index (χ1n) is 5.73. The molecule has 8 nitrogen and oxygen atoms in total. The number of aromatic nitrogens is 4. The second kappa shape index (κ2) is 4.28. The Bertz CT molecular complexity index is 669. The van der Waals surface area contributed by atoms with Gasteiger partial charge in [-0.15, -0.1) is 0 Å². The number of aromatic amines is 1. The third-order valence-corrected chi connectivity index (χ3v) is 3.06. The van der Waals surface area contributed by atoms with E-state index in [1.807, 2.05) is 0 Å². The van der Waals surface area contributed by atoms with Gasteiger partial charge in [-0.1, -0.05) is 0 Å². The summed E-state index contributed by atoms with van der Waals surface area (Å²) in [7, 11) is 0. The summed E-state index contributed by atoms with van der Waals surface area (Å²) in [4.78, 5) is 21.7. The topological polar surface area (TPSA) is 119 Å². The number of nitrogen functional groups attached to an aromatic ring is 1. The van der Waals surface area contributed by atoms with Crippen LogP contribution in [0.4, 0.5) is 10.3 Å². The molecule has 3 atom stereocenters. The molecule has 0 radical (unpaired) electrons. The van der Waals surface area contributed by atoms with Crippen LogP contribution in [0.5, 0.6) is 0 Å². The summed E-state index contributed by atoms with van der Waals surface area (Å²) in [5, 5.41) is 8.99. The molecule has 3 rings (SSSR count). The number of fused-ring (bicyclic) bond motifs is 1. The number of nitrogens with zero attached hydrogens (tertiary/aromatic N) is 3. The third kappa shape index (κ3) is 1.87. The third-order valence-electron chi connectivity index (χ3n) is 3.06. The number of H-pyrrole nitrogens is 1. The number of hydrogen-bond donors (Lipinski definition) is 3. The fourth-order valence-corrected chi connectivity index (χ4v) is 2.19. The number of ether oxygens (including phenoxy) is 1. The van der Waals surface area contributed by atoms with Gasteiger partial charge in [-0.3, -0.25) is 14.3 Å². The normalized spacial score (nSPS) is 27.2. The van der Waals surface area contributed by atoms with Crippen molar-refractivity contribution >= 4 is 17.1 Å². The van der Waals surface area contributed by atoms with Gasteiger partial charge in [0.15, 0.2) is 17.4 Å². The Morgan fingerprint density at radius 3 is 3.16 bits per heavy atom. The maximum Gasteiger partial charge on any atom is 0.280 e. The predicted octanol–water partition coefficient (Wildman–Crippen LogP) is -0.680. The van der Waals surface area contributed by atoms with Crippen LogP contribution in [-0.4, -0.2) is 43.5 Å². The molecule has 0 aliphatic carbocycles. The van der Waals surface area contributed by atoms with E-state index in [-0.39, 0.29) is 30.1 Å². The first-order valence-corrected chi connectivity index (χ1v) is 5.73. The van der Waals surface area contributed by atoms with Crippen LogP contribution in [0.2, 0.25) is 0 Å². The standard InChI is InChI=1S/C10H12FN5O3/c11-5-1-4(2-17)19-9(5)16-3-13-6-7(16)14-10(12)15-8(6)18/h3-5,9,17H,1-2H2,(H3,12,14,15,18)/t4-,5-,9+/m1/s1. The molecule has 1 fully saturated rings. The first kappa shape index (κ1) is 12.1. The Kier molecular flexibility index (Phi) is 2.72. The lowest BCUT2D eigenvalue weighted by atomic mass is 10.2. The molecule has 1 aliphatic rings. The maximum absolute atomic E-state index is 13.9. The maximum atomic E-state index is 13.9. The largest absolute Gasteiger partial charge is 0.394 e. The second-order valence-corrected chi connectivity index (χ2v) is 4.36. The summed E-state index contributed by atoms with van der Waals surface area (Å²) in [6.45, 7) is -0.264. The van der Waals surface area contributed by atoms with E-state index >= 15 is 0 Å². The second-order valence-electron chi connectivity index (χ2n) is 4.36. The van der Waals surface area contributed by atoms with Gasteiger partial charge >= 0.3 is 0 Å². The number of nitrogens with one attached hydrogen (secondary N) is 1. The Morgan fingerprint density at radius 2 is 2.47 bits per heavy atom. The molecule has 0 bridgehead atoms. The van der Waals surface area contributed by atoms with Crippen molar-refractivity contribution in [3.8, 4) is 0 Å². The van der Waals surface area contributed by atoms with Crippen molar-refractivity contribution < 1.29 is 14.2 Å². The van der Waals surface area contributed by atoms with Gasteiger partial charge in [0, 0.05) is 6.42 Å². The van der Waals surface area contributed by atoms with Gasteiger partial charge in [0.25, 0.3) is 5.56 Å². The summed E-state index contributed by atoms with van der Waals surface area (Å²) >= 11 is 0. The highest BCUT2D eigenvalue weighted by molar-refractivity contribution is 5.70. The van der Waals surface area contributed by atoms with Gasteiger partial charge in [-0.25, -0.2) is 9.37 Å². The minimum absolute atomic E-state index is 0.0671. The van der Waals surface area contributed by atoms with Crippen LogP contribution in [0.3, 0.4) is 0 Å². The number of alkyl halides is 1. The van der Waals surface area contributed by atoms with E-state index in [1.165, 1.54) is 10.9 Å². The summed E-state index contributed by atoms with van der Waals surface area (Å²) < 4.78 is 20.6. The molecule has 4 N–H and O–H groups in total. The van der Waals surface area contributed by atoms with Crippen molar-refractivity contribution in [1.29, 1.82) is 0 Å². The Morgan fingerprint density at radius 1 is 1.68 bits per heavy atom. The molecule has 102 valence electrons. The number of hydrogen-bond acceptors (Lipinski definition) is 6. The smallest absolute Gasteiger partial charge is 0.280 e. The number of nitrogens with two attached hydrogens (primary N) is 1. The van der Waals surface area contributed by atoms with E-state index in [0.717, 1.165) is 0 Å². The average molecular weight is 269 g/mol. The zero-order chi connectivity index (χ0) is 13.6. The molecule has 19 heavy (non-hydrogen) atoms. The van der Waals surface area contributed by atoms with Gasteiger partial charge in [0.05, 0.1) is 19.0 Å². The van der Waals surface area contributed by atoms with E-state index in [9.17, 15) is 9.18 Å². The van der Waals surface area contributed by atoms with Crippen molar-refractivity contribution in [2.45, 2.75) is 24.9 Å². The van der Waals surface area contributed by atoms with Crippen LogP contribution in [0.25, 0.3) is 11.2 Å². The zero-order valence-electron chi connectivity index (χ0n) is 9.78. The van der Waals surface area contributed by atoms with Crippen LogP contribution in [0, 0.1) is 0 Å². The fraction of sp³-hybridized carbons (Fsp3) is 0.500. The van der Waals surface area contributed by atoms with E-state index in [0.29, 0.717) is 0 Å². The van der Waals surface area contributed by atoms with Crippen LogP contribution < -0.4 is 11.3 Å². The van der Waals surface area contributed by atoms with E-state index in [1.54, 1.807) is 0 Å². The summed E-state index contributed by atoms with van der Waals surface area (Å²) in [6, 6.07) is 0. The monoisotopic (exact) mass is 269 g/mol. The lowest BCUT2D eigenvalue weighted by molar-refractivity contribution is -0.0351. The number of aliphatic hydroxyl groups excluding tert-OH is 1. The molecule has 2 aromatic heterocycles. The van der Waals surface area contributed by atoms with Crippen molar-refractivity contribution in [1.82, 2.24) is 19.5 Å². The molecule has 0 saturated carbocycles. The lowest BCUT2D eigenvalue weighted by Gasteiger charge is -2.15. The number of anilines is 1. The number of rotatable bonds is 2. The van der Waals surface area contributed by atoms with E-state index < -0.39 is 24.1 Å². The molecule has 9 heteroatoms. The molecule has 1 saturated heterocycles. The molecule has 0 aromatic carbocycles. The van der Waals surface area contributed by atoms with Crippen LogP contribution >= 0.6 is 0 Å². The van der Waals surface area contributed by atoms with Crippen molar-refractivity contribution in [3.05, 3.63) is 16.7 Å². The Labute approximate surface area is 106 Å². The van der Waals surface area contributed by atoms with Gasteiger partial charge in [0.2, 0.25) is 5.95 Å². The van der Waals surface area contributed by atoms with Crippen molar-refractivity contribution in [2.24, 2.45) is 0 Å².